The van der Waals surface area contributed by atoms with Crippen LogP contribution in [0.25, 0.3) is 11.3 Å². The van der Waals surface area contributed by atoms with Crippen molar-refractivity contribution in [3.05, 3.63) is 35.9 Å². The van der Waals surface area contributed by atoms with E-state index < -0.39 is 5.60 Å². The molecule has 2 rings (SSSR count). The molecule has 2 aromatic rings. The molecule has 4 heteroatoms. The molecular formula is C13H17N3O. The summed E-state index contributed by atoms with van der Waals surface area (Å²) in [4.78, 5) is 0. The van der Waals surface area contributed by atoms with Gasteiger partial charge in [0, 0.05) is 18.7 Å². The molecule has 1 aromatic carbocycles. The third-order valence-electron chi connectivity index (χ3n) is 2.78. The number of hydrogen-bond acceptors (Lipinski definition) is 3. The molecule has 4 nitrogen and oxygen atoms in total. The number of nitrogens with zero attached hydrogens (tertiary/aromatic N) is 2. The molecule has 0 aliphatic carbocycles. The third kappa shape index (κ3) is 2.31. The number of aliphatic hydroxyl groups is 1. The molecule has 0 aliphatic rings. The normalized spacial score (nSPS) is 11.8. The minimum Gasteiger partial charge on any atom is -0.386 e. The molecule has 1 aromatic heterocycles. The molecule has 0 aliphatic heterocycles. The van der Waals surface area contributed by atoms with Crippen molar-refractivity contribution in [3.8, 4) is 11.3 Å². The molecule has 90 valence electrons. The Hall–Kier alpha value is -1.81. The van der Waals surface area contributed by atoms with E-state index in [1.54, 1.807) is 25.6 Å². The zero-order valence-electron chi connectivity index (χ0n) is 10.3. The average Bonchev–Trinajstić information content (AvgIpc) is 2.58. The van der Waals surface area contributed by atoms with Gasteiger partial charge in [-0.15, -0.1) is 0 Å². The number of anilines is 1. The van der Waals surface area contributed by atoms with Crippen molar-refractivity contribution in [2.24, 2.45) is 7.05 Å². The minimum absolute atomic E-state index is 0.619. The largest absolute Gasteiger partial charge is 0.386 e. The first-order valence-electron chi connectivity index (χ1n) is 5.51. The van der Waals surface area contributed by atoms with E-state index in [0.717, 1.165) is 16.8 Å². The number of nitrogens with two attached hydrogens (primary N) is 1. The van der Waals surface area contributed by atoms with Gasteiger partial charge in [-0.1, -0.05) is 18.2 Å². The van der Waals surface area contributed by atoms with Crippen LogP contribution >= 0.6 is 0 Å². The van der Waals surface area contributed by atoms with Crippen LogP contribution in [0.1, 0.15) is 19.4 Å². The molecular weight excluding hydrogens is 214 g/mol. The first-order valence-corrected chi connectivity index (χ1v) is 5.51. The number of nitrogen functional groups attached to an aromatic ring is 1. The quantitative estimate of drug-likeness (QED) is 0.829. The maximum atomic E-state index is 9.97. The SMILES string of the molecule is Cn1nc(-c2cccc(C(C)(C)O)c2)cc1N. The lowest BCUT2D eigenvalue weighted by Gasteiger charge is -2.18. The lowest BCUT2D eigenvalue weighted by molar-refractivity contribution is 0.0786. The molecule has 0 saturated carbocycles. The fraction of sp³-hybridized carbons (Fsp3) is 0.308. The highest BCUT2D eigenvalue weighted by molar-refractivity contribution is 5.63. The lowest BCUT2D eigenvalue weighted by atomic mass is 9.96. The fourth-order valence-electron chi connectivity index (χ4n) is 1.68. The topological polar surface area (TPSA) is 64.1 Å². The van der Waals surface area contributed by atoms with Crippen LogP contribution < -0.4 is 5.73 Å². The standard InChI is InChI=1S/C13H17N3O/c1-13(2,17)10-6-4-5-9(7-10)11-8-12(14)16(3)15-11/h4-8,17H,14H2,1-3H3. The second-order valence-corrected chi connectivity index (χ2v) is 4.72. The summed E-state index contributed by atoms with van der Waals surface area (Å²) >= 11 is 0. The van der Waals surface area contributed by atoms with E-state index in [9.17, 15) is 5.11 Å². The molecule has 0 amide bonds. The van der Waals surface area contributed by atoms with Gasteiger partial charge in [0.25, 0.3) is 0 Å². The number of benzene rings is 1. The number of hydrogen-bond donors (Lipinski definition) is 2. The number of rotatable bonds is 2. The predicted molar refractivity (Wildman–Crippen MR) is 68.3 cm³/mol. The highest BCUT2D eigenvalue weighted by Crippen LogP contribution is 2.26. The van der Waals surface area contributed by atoms with Gasteiger partial charge in [-0.2, -0.15) is 5.10 Å². The van der Waals surface area contributed by atoms with Crippen LogP contribution in [0, 0.1) is 0 Å². The molecule has 0 fully saturated rings. The Kier molecular flexibility index (Phi) is 2.67. The van der Waals surface area contributed by atoms with E-state index in [-0.39, 0.29) is 0 Å². The molecule has 0 atom stereocenters. The second kappa shape index (κ2) is 3.89. The minimum atomic E-state index is -0.851. The van der Waals surface area contributed by atoms with Gasteiger partial charge in [0.15, 0.2) is 0 Å². The van der Waals surface area contributed by atoms with Gasteiger partial charge in [0.1, 0.15) is 5.82 Å². The molecule has 0 spiro atoms. The molecule has 0 radical (unpaired) electrons. The van der Waals surface area contributed by atoms with Crippen LogP contribution in [-0.4, -0.2) is 14.9 Å². The van der Waals surface area contributed by atoms with E-state index in [1.165, 1.54) is 0 Å². The van der Waals surface area contributed by atoms with Crippen molar-refractivity contribution in [2.45, 2.75) is 19.4 Å². The molecule has 0 bridgehead atoms. The van der Waals surface area contributed by atoms with E-state index in [4.69, 9.17) is 5.73 Å². The van der Waals surface area contributed by atoms with Crippen molar-refractivity contribution < 1.29 is 5.11 Å². The Balaban J connectivity index is 2.47. The van der Waals surface area contributed by atoms with Crippen molar-refractivity contribution >= 4 is 5.82 Å². The van der Waals surface area contributed by atoms with Crippen molar-refractivity contribution in [3.63, 3.8) is 0 Å². The molecule has 3 N–H and O–H groups in total. The highest BCUT2D eigenvalue weighted by Gasteiger charge is 2.16. The average molecular weight is 231 g/mol. The predicted octanol–water partition coefficient (Wildman–Crippen LogP) is 1.90. The summed E-state index contributed by atoms with van der Waals surface area (Å²) in [5, 5.41) is 14.3. The third-order valence-corrected chi connectivity index (χ3v) is 2.78. The van der Waals surface area contributed by atoms with Gasteiger partial charge in [-0.05, 0) is 25.5 Å². The van der Waals surface area contributed by atoms with E-state index in [0.29, 0.717) is 5.82 Å². The van der Waals surface area contributed by atoms with Crippen LogP contribution in [0.15, 0.2) is 30.3 Å². The van der Waals surface area contributed by atoms with Gasteiger partial charge >= 0.3 is 0 Å². The monoisotopic (exact) mass is 231 g/mol. The lowest BCUT2D eigenvalue weighted by Crippen LogP contribution is -2.15. The van der Waals surface area contributed by atoms with Crippen molar-refractivity contribution in [1.29, 1.82) is 0 Å². The van der Waals surface area contributed by atoms with Crippen LogP contribution in [0.4, 0.5) is 5.82 Å². The van der Waals surface area contributed by atoms with Gasteiger partial charge in [0.05, 0.1) is 11.3 Å². The van der Waals surface area contributed by atoms with Crippen LogP contribution in [0.2, 0.25) is 0 Å². The van der Waals surface area contributed by atoms with Gasteiger partial charge in [-0.3, -0.25) is 4.68 Å². The van der Waals surface area contributed by atoms with E-state index >= 15 is 0 Å². The summed E-state index contributed by atoms with van der Waals surface area (Å²) in [5.41, 5.74) is 7.53. The van der Waals surface area contributed by atoms with Gasteiger partial charge in [0.2, 0.25) is 0 Å². The summed E-state index contributed by atoms with van der Waals surface area (Å²) in [6.07, 6.45) is 0. The van der Waals surface area contributed by atoms with E-state index in [1.807, 2.05) is 30.3 Å². The maximum Gasteiger partial charge on any atom is 0.121 e. The van der Waals surface area contributed by atoms with Gasteiger partial charge in [-0.25, -0.2) is 0 Å². The van der Waals surface area contributed by atoms with E-state index in [2.05, 4.69) is 5.10 Å². The summed E-state index contributed by atoms with van der Waals surface area (Å²) < 4.78 is 1.63. The maximum absolute atomic E-state index is 9.97. The molecule has 17 heavy (non-hydrogen) atoms. The Morgan fingerprint density at radius 3 is 2.53 bits per heavy atom. The summed E-state index contributed by atoms with van der Waals surface area (Å²) in [5.74, 6) is 0.619. The van der Waals surface area contributed by atoms with Crippen LogP contribution in [0.3, 0.4) is 0 Å². The Labute approximate surface area is 101 Å². The second-order valence-electron chi connectivity index (χ2n) is 4.72. The Morgan fingerprint density at radius 2 is 2.00 bits per heavy atom. The first kappa shape index (κ1) is 11.7. The Bertz CT molecular complexity index is 518. The fourth-order valence-corrected chi connectivity index (χ4v) is 1.68. The number of aryl methyl sites for hydroxylation is 1. The zero-order valence-corrected chi connectivity index (χ0v) is 10.3. The summed E-state index contributed by atoms with van der Waals surface area (Å²) in [6.45, 7) is 3.53. The zero-order chi connectivity index (χ0) is 12.6. The Morgan fingerprint density at radius 1 is 1.29 bits per heavy atom. The molecule has 0 saturated heterocycles. The summed E-state index contributed by atoms with van der Waals surface area (Å²) in [7, 11) is 1.80. The van der Waals surface area contributed by atoms with Crippen LogP contribution in [0.5, 0.6) is 0 Å². The van der Waals surface area contributed by atoms with Crippen molar-refractivity contribution in [1.82, 2.24) is 9.78 Å². The van der Waals surface area contributed by atoms with Crippen LogP contribution in [-0.2, 0) is 12.6 Å². The smallest absolute Gasteiger partial charge is 0.121 e. The summed E-state index contributed by atoms with van der Waals surface area (Å²) in [6, 6.07) is 9.52. The molecule has 1 heterocycles. The van der Waals surface area contributed by atoms with Crippen molar-refractivity contribution in [2.75, 3.05) is 5.73 Å². The highest BCUT2D eigenvalue weighted by atomic mass is 16.3. The van der Waals surface area contributed by atoms with Gasteiger partial charge < -0.3 is 10.8 Å². The first-order chi connectivity index (χ1) is 7.88. The number of aromatic nitrogens is 2. The molecule has 0 unspecified atom stereocenters.